The number of aryl methyl sites for hydroxylation is 2. The lowest BCUT2D eigenvalue weighted by molar-refractivity contribution is -0.0240. The van der Waals surface area contributed by atoms with E-state index in [4.69, 9.17) is 14.5 Å². The third-order valence-corrected chi connectivity index (χ3v) is 7.13. The van der Waals surface area contributed by atoms with E-state index in [2.05, 4.69) is 17.0 Å². The molecule has 4 atom stereocenters. The smallest absolute Gasteiger partial charge is 0.161 e. The Morgan fingerprint density at radius 2 is 1.84 bits per heavy atom. The summed E-state index contributed by atoms with van der Waals surface area (Å²) in [5, 5.41) is 20.6. The van der Waals surface area contributed by atoms with Crippen molar-refractivity contribution in [1.29, 1.82) is 5.26 Å². The number of aliphatic hydroxyl groups is 1. The molecule has 3 aliphatic rings. The third-order valence-electron chi connectivity index (χ3n) is 7.13. The molecule has 0 bridgehead atoms. The first-order valence-electron chi connectivity index (χ1n) is 11.3. The van der Waals surface area contributed by atoms with Crippen LogP contribution in [0, 0.1) is 23.2 Å². The van der Waals surface area contributed by atoms with Gasteiger partial charge in [-0.3, -0.25) is 0 Å². The molecule has 2 fully saturated rings. The van der Waals surface area contributed by atoms with Gasteiger partial charge in [-0.1, -0.05) is 12.1 Å². The van der Waals surface area contributed by atoms with Gasteiger partial charge in [0.1, 0.15) is 18.0 Å². The number of hydrogen-bond donors (Lipinski definition) is 1. The van der Waals surface area contributed by atoms with Gasteiger partial charge in [0.25, 0.3) is 0 Å². The molecule has 2 aliphatic carbocycles. The molecule has 0 spiro atoms. The lowest BCUT2D eigenvalue weighted by Gasteiger charge is -2.35. The Morgan fingerprint density at radius 3 is 2.61 bits per heavy atom. The minimum atomic E-state index is -0.516. The van der Waals surface area contributed by atoms with Crippen LogP contribution >= 0.6 is 0 Å². The molecule has 0 radical (unpaired) electrons. The number of para-hydroxylation sites is 2. The molecule has 1 aromatic carbocycles. The van der Waals surface area contributed by atoms with Crippen LogP contribution in [0.3, 0.4) is 0 Å². The fraction of sp³-hybridized carbons (Fsp3) is 0.520. The molecule has 1 aromatic heterocycles. The van der Waals surface area contributed by atoms with Gasteiger partial charge in [-0.15, -0.1) is 0 Å². The zero-order valence-electron chi connectivity index (χ0n) is 18.0. The highest BCUT2D eigenvalue weighted by molar-refractivity contribution is 5.57. The number of methoxy groups -OCH3 is 1. The van der Waals surface area contributed by atoms with Crippen LogP contribution in [-0.2, 0) is 12.8 Å². The molecule has 5 rings (SSSR count). The summed E-state index contributed by atoms with van der Waals surface area (Å²) in [6.07, 6.45) is 5.09. The van der Waals surface area contributed by atoms with Crippen molar-refractivity contribution in [1.82, 2.24) is 4.98 Å². The van der Waals surface area contributed by atoms with Crippen LogP contribution < -0.4 is 14.4 Å². The van der Waals surface area contributed by atoms with Crippen LogP contribution in [0.15, 0.2) is 30.3 Å². The maximum Gasteiger partial charge on any atom is 0.161 e. The lowest BCUT2D eigenvalue weighted by Crippen LogP contribution is -2.42. The Kier molecular flexibility index (Phi) is 5.45. The van der Waals surface area contributed by atoms with Crippen molar-refractivity contribution in [2.45, 2.75) is 50.7 Å². The van der Waals surface area contributed by atoms with Gasteiger partial charge in [-0.05, 0) is 74.1 Å². The number of nitriles is 1. The Bertz CT molecular complexity index is 1000. The number of nitrogens with zero attached hydrogens (tertiary/aromatic N) is 3. The lowest BCUT2D eigenvalue weighted by atomic mass is 9.78. The number of pyridine rings is 1. The van der Waals surface area contributed by atoms with Gasteiger partial charge in [0, 0.05) is 18.8 Å². The molecule has 162 valence electrons. The molecule has 1 saturated heterocycles. The normalized spacial score (nSPS) is 27.2. The summed E-state index contributed by atoms with van der Waals surface area (Å²) in [5.41, 5.74) is 3.08. The van der Waals surface area contributed by atoms with E-state index < -0.39 is 6.10 Å². The van der Waals surface area contributed by atoms with Gasteiger partial charge in [-0.25, -0.2) is 4.98 Å². The summed E-state index contributed by atoms with van der Waals surface area (Å²) < 4.78 is 11.6. The van der Waals surface area contributed by atoms with Gasteiger partial charge in [0.05, 0.1) is 18.8 Å². The molecule has 1 saturated carbocycles. The molecule has 2 aromatic rings. The summed E-state index contributed by atoms with van der Waals surface area (Å²) in [6.45, 7) is 1.69. The first kappa shape index (κ1) is 20.1. The van der Waals surface area contributed by atoms with E-state index in [0.717, 1.165) is 43.9 Å². The number of fused-ring (bicyclic) bond motifs is 2. The van der Waals surface area contributed by atoms with Crippen molar-refractivity contribution in [2.75, 3.05) is 25.1 Å². The second-order valence-electron chi connectivity index (χ2n) is 9.06. The highest BCUT2D eigenvalue weighted by Gasteiger charge is 2.43. The molecule has 2 heterocycles. The van der Waals surface area contributed by atoms with Gasteiger partial charge in [-0.2, -0.15) is 5.26 Å². The monoisotopic (exact) mass is 419 g/mol. The largest absolute Gasteiger partial charge is 0.493 e. The molecule has 31 heavy (non-hydrogen) atoms. The molecule has 6 heteroatoms. The number of aliphatic hydroxyl groups excluding tert-OH is 1. The number of aromatic nitrogens is 1. The summed E-state index contributed by atoms with van der Waals surface area (Å²) in [4.78, 5) is 7.21. The van der Waals surface area contributed by atoms with Crippen LogP contribution in [0.1, 0.15) is 42.5 Å². The van der Waals surface area contributed by atoms with E-state index in [9.17, 15) is 10.4 Å². The molecule has 1 aliphatic heterocycles. The SMILES string of the molecule is COc1ccccc1O[C@@H]1C[C@@H]2CN(c3nc4c(cc3C#N)CCCC4)C[C@@H]2C[C@H]1O. The Labute approximate surface area is 183 Å². The number of hydrogen-bond acceptors (Lipinski definition) is 6. The third kappa shape index (κ3) is 3.83. The fourth-order valence-corrected chi connectivity index (χ4v) is 5.52. The summed E-state index contributed by atoms with van der Waals surface area (Å²) in [6, 6.07) is 12.0. The van der Waals surface area contributed by atoms with E-state index >= 15 is 0 Å². The number of anilines is 1. The van der Waals surface area contributed by atoms with E-state index in [1.165, 1.54) is 18.4 Å². The molecule has 1 N–H and O–H groups in total. The maximum absolute atomic E-state index is 10.8. The average Bonchev–Trinajstić information content (AvgIpc) is 3.21. The van der Waals surface area contributed by atoms with Crippen LogP contribution in [-0.4, -0.2) is 42.5 Å². The summed E-state index contributed by atoms with van der Waals surface area (Å²) >= 11 is 0. The van der Waals surface area contributed by atoms with Crippen LogP contribution in [0.4, 0.5) is 5.82 Å². The second kappa shape index (κ2) is 8.39. The topological polar surface area (TPSA) is 78.6 Å². The summed E-state index contributed by atoms with van der Waals surface area (Å²) in [7, 11) is 1.63. The van der Waals surface area contributed by atoms with E-state index in [-0.39, 0.29) is 6.10 Å². The van der Waals surface area contributed by atoms with Crippen molar-refractivity contribution in [3.8, 4) is 17.6 Å². The summed E-state index contributed by atoms with van der Waals surface area (Å²) in [5.74, 6) is 2.98. The van der Waals surface area contributed by atoms with Crippen molar-refractivity contribution in [3.63, 3.8) is 0 Å². The molecule has 0 unspecified atom stereocenters. The molecular formula is C25H29N3O3. The van der Waals surface area contributed by atoms with Crippen LogP contribution in [0.2, 0.25) is 0 Å². The van der Waals surface area contributed by atoms with E-state index in [1.807, 2.05) is 24.3 Å². The Hall–Kier alpha value is -2.78. The van der Waals surface area contributed by atoms with E-state index in [0.29, 0.717) is 35.3 Å². The van der Waals surface area contributed by atoms with Gasteiger partial charge < -0.3 is 19.5 Å². The Balaban J connectivity index is 1.34. The minimum absolute atomic E-state index is 0.260. The van der Waals surface area contributed by atoms with Crippen molar-refractivity contribution >= 4 is 5.82 Å². The van der Waals surface area contributed by atoms with Crippen molar-refractivity contribution in [3.05, 3.63) is 47.2 Å². The number of benzene rings is 1. The molecular weight excluding hydrogens is 390 g/mol. The second-order valence-corrected chi connectivity index (χ2v) is 9.06. The van der Waals surface area contributed by atoms with Crippen molar-refractivity contribution in [2.24, 2.45) is 11.8 Å². The van der Waals surface area contributed by atoms with Crippen LogP contribution in [0.25, 0.3) is 0 Å². The average molecular weight is 420 g/mol. The quantitative estimate of drug-likeness (QED) is 0.817. The number of rotatable bonds is 4. The van der Waals surface area contributed by atoms with Crippen molar-refractivity contribution < 1.29 is 14.6 Å². The maximum atomic E-state index is 10.8. The predicted octanol–water partition coefficient (Wildman–Crippen LogP) is 3.50. The highest BCUT2D eigenvalue weighted by atomic mass is 16.5. The highest BCUT2D eigenvalue weighted by Crippen LogP contribution is 2.41. The van der Waals surface area contributed by atoms with Gasteiger partial charge in [0.2, 0.25) is 0 Å². The van der Waals surface area contributed by atoms with Crippen LogP contribution in [0.5, 0.6) is 11.5 Å². The predicted molar refractivity (Wildman–Crippen MR) is 117 cm³/mol. The van der Waals surface area contributed by atoms with Gasteiger partial charge in [0.15, 0.2) is 11.5 Å². The first-order valence-corrected chi connectivity index (χ1v) is 11.3. The van der Waals surface area contributed by atoms with Gasteiger partial charge >= 0.3 is 0 Å². The first-order chi connectivity index (χ1) is 15.2. The minimum Gasteiger partial charge on any atom is -0.493 e. The number of ether oxygens (including phenoxy) is 2. The molecule has 0 amide bonds. The fourth-order valence-electron chi connectivity index (χ4n) is 5.52. The molecule has 6 nitrogen and oxygen atoms in total. The standard InChI is InChI=1S/C25H29N3O3/c1-30-22-8-4-5-9-23(22)31-24-12-19-15-28(14-18(19)11-21(24)29)25-17(13-26)10-16-6-2-3-7-20(16)27-25/h4-5,8-10,18-19,21,24,29H,2-3,6-7,11-12,14-15H2,1H3/t18-,19+,21+,24+/m0/s1. The van der Waals surface area contributed by atoms with E-state index in [1.54, 1.807) is 7.11 Å². The zero-order chi connectivity index (χ0) is 21.4. The zero-order valence-corrected chi connectivity index (χ0v) is 18.0. The Morgan fingerprint density at radius 1 is 1.10 bits per heavy atom.